The highest BCUT2D eigenvalue weighted by Gasteiger charge is 2.33. The molecule has 8 rings (SSSR count). The number of imidazole rings is 2. The third-order valence-electron chi connectivity index (χ3n) is 10.4. The largest absolute Gasteiger partial charge is 0.573 e. The van der Waals surface area contributed by atoms with Gasteiger partial charge in [-0.15, -0.1) is 26.3 Å². The van der Waals surface area contributed by atoms with Crippen molar-refractivity contribution in [2.24, 2.45) is 14.1 Å². The number of fused-ring (bicyclic) bond motifs is 2. The second kappa shape index (κ2) is 21.7. The van der Waals surface area contributed by atoms with E-state index in [0.717, 1.165) is 38.0 Å². The standard InChI is InChI=1S/C26H24ClF3N4O6.C22H16ClF3N4O6/c1-25(2,3)40-19(35)14-34-22(36)20-21(32(4)24(34)37)31-23(33(20)13-15-8-10-16(27)11-9-15)38-17-6-5-7-18(12-17)39-26(28,29)30;1-28-18-17(19(33)30(21(28)34)11-16(31)32)29(10-12-5-7-13(23)8-6-12)20(27-18)35-14-3-2-4-15(9-14)36-22(24,25)26/h5-12H,13-14H2,1-4H3;2-9H,10-11H2,1H3,(H,31,32). The Labute approximate surface area is 432 Å². The van der Waals surface area contributed by atoms with Crippen molar-refractivity contribution in [3.05, 3.63) is 160 Å². The molecule has 1 N–H and O–H groups in total. The van der Waals surface area contributed by atoms with Gasteiger partial charge in [0.25, 0.3) is 11.1 Å². The van der Waals surface area contributed by atoms with Gasteiger partial charge in [0.2, 0.25) is 0 Å². The quantitative estimate of drug-likeness (QED) is 0.0805. The lowest BCUT2D eigenvalue weighted by Gasteiger charge is -2.19. The van der Waals surface area contributed by atoms with Crippen LogP contribution in [0.1, 0.15) is 31.9 Å². The van der Waals surface area contributed by atoms with Gasteiger partial charge in [-0.25, -0.2) is 18.7 Å². The van der Waals surface area contributed by atoms with Crippen molar-refractivity contribution in [1.82, 2.24) is 37.4 Å². The second-order valence-corrected chi connectivity index (χ2v) is 18.1. The molecule has 0 aliphatic carbocycles. The van der Waals surface area contributed by atoms with Gasteiger partial charge in [-0.1, -0.05) is 59.6 Å². The number of esters is 1. The van der Waals surface area contributed by atoms with Crippen molar-refractivity contribution in [3.63, 3.8) is 0 Å². The molecule has 76 heavy (non-hydrogen) atoms. The average molecular weight is 1110 g/mol. The van der Waals surface area contributed by atoms with Crippen molar-refractivity contribution in [1.29, 1.82) is 0 Å². The summed E-state index contributed by atoms with van der Waals surface area (Å²) in [6.07, 6.45) is -9.84. The van der Waals surface area contributed by atoms with Gasteiger partial charge in [0.15, 0.2) is 22.3 Å². The van der Waals surface area contributed by atoms with Crippen LogP contribution in [0.3, 0.4) is 0 Å². The molecule has 0 radical (unpaired) electrons. The van der Waals surface area contributed by atoms with Crippen LogP contribution >= 0.6 is 23.2 Å². The third kappa shape index (κ3) is 13.4. The van der Waals surface area contributed by atoms with Crippen LogP contribution < -0.4 is 41.4 Å². The number of rotatable bonds is 14. The Hall–Kier alpha value is -8.52. The third-order valence-corrected chi connectivity index (χ3v) is 10.9. The van der Waals surface area contributed by atoms with E-state index in [-0.39, 0.29) is 58.9 Å². The summed E-state index contributed by atoms with van der Waals surface area (Å²) in [6, 6.07) is 22.1. The Bertz CT molecular complexity index is 3750. The number of aryl methyl sites for hydroxylation is 2. The molecule has 8 aromatic rings. The molecular formula is C48H40Cl2F6N8O12. The van der Waals surface area contributed by atoms with E-state index in [1.165, 1.54) is 47.5 Å². The molecular weight excluding hydrogens is 1070 g/mol. The lowest BCUT2D eigenvalue weighted by Crippen LogP contribution is -2.42. The number of hydrogen-bond donors (Lipinski definition) is 1. The summed E-state index contributed by atoms with van der Waals surface area (Å²) in [7, 11) is 2.65. The molecule has 0 amide bonds. The first-order chi connectivity index (χ1) is 35.5. The number of carbonyl (C=O) groups is 2. The summed E-state index contributed by atoms with van der Waals surface area (Å²) in [5.41, 5.74) is -3.48. The average Bonchev–Trinajstić information content (AvgIpc) is 3.85. The van der Waals surface area contributed by atoms with Crippen LogP contribution in [0.15, 0.2) is 116 Å². The summed E-state index contributed by atoms with van der Waals surface area (Å²) in [5.74, 6) is -3.45. The minimum atomic E-state index is -4.92. The molecule has 20 nitrogen and oxygen atoms in total. The van der Waals surface area contributed by atoms with E-state index in [9.17, 15) is 55.1 Å². The molecule has 0 fully saturated rings. The van der Waals surface area contributed by atoms with E-state index in [1.807, 2.05) is 0 Å². The number of carbonyl (C=O) groups excluding carboxylic acids is 1. The molecule has 0 bridgehead atoms. The van der Waals surface area contributed by atoms with Crippen LogP contribution in [-0.4, -0.2) is 72.7 Å². The summed E-state index contributed by atoms with van der Waals surface area (Å²) < 4.78 is 107. The van der Waals surface area contributed by atoms with Gasteiger partial charge < -0.3 is 28.8 Å². The van der Waals surface area contributed by atoms with Crippen LogP contribution in [0, 0.1) is 0 Å². The molecule has 28 heteroatoms. The van der Waals surface area contributed by atoms with Gasteiger partial charge in [-0.3, -0.25) is 37.4 Å². The minimum Gasteiger partial charge on any atom is -0.480 e. The Kier molecular flexibility index (Phi) is 15.8. The van der Waals surface area contributed by atoms with Crippen LogP contribution in [0.25, 0.3) is 22.3 Å². The Morgan fingerprint density at radius 2 is 0.934 bits per heavy atom. The van der Waals surface area contributed by atoms with Gasteiger partial charge in [0, 0.05) is 36.3 Å². The highest BCUT2D eigenvalue weighted by atomic mass is 35.5. The number of ether oxygens (including phenoxy) is 5. The zero-order valence-electron chi connectivity index (χ0n) is 40.1. The van der Waals surface area contributed by atoms with Crippen LogP contribution in [0.2, 0.25) is 10.0 Å². The number of aliphatic carboxylic acids is 1. The number of halogens is 8. The molecule has 0 saturated heterocycles. The number of nitrogens with zero attached hydrogens (tertiary/aromatic N) is 8. The first-order valence-corrected chi connectivity index (χ1v) is 22.7. The maximum atomic E-state index is 13.6. The Morgan fingerprint density at radius 3 is 1.29 bits per heavy atom. The van der Waals surface area contributed by atoms with Crippen molar-refractivity contribution >= 4 is 57.5 Å². The molecule has 0 aliphatic rings. The van der Waals surface area contributed by atoms with Crippen molar-refractivity contribution in [2.75, 3.05) is 0 Å². The molecule has 0 aliphatic heterocycles. The minimum absolute atomic E-state index is 0.00161. The molecule has 0 unspecified atom stereocenters. The summed E-state index contributed by atoms with van der Waals surface area (Å²) in [6.45, 7) is 3.37. The number of carboxylic acids is 1. The van der Waals surface area contributed by atoms with E-state index >= 15 is 0 Å². The summed E-state index contributed by atoms with van der Waals surface area (Å²) in [4.78, 5) is 84.7. The van der Waals surface area contributed by atoms with E-state index < -0.39 is 77.4 Å². The maximum absolute atomic E-state index is 13.6. The number of carboxylic acid groups (broad SMARTS) is 1. The first kappa shape index (κ1) is 55.2. The lowest BCUT2D eigenvalue weighted by molar-refractivity contribution is -0.275. The van der Waals surface area contributed by atoms with Crippen LogP contribution in [0.4, 0.5) is 26.3 Å². The van der Waals surface area contributed by atoms with Crippen molar-refractivity contribution in [2.45, 2.75) is 65.3 Å². The van der Waals surface area contributed by atoms with E-state index in [2.05, 4.69) is 19.4 Å². The SMILES string of the molecule is Cn1c(=O)n(CC(=O)O)c(=O)c2c1nc(Oc1cccc(OC(F)(F)F)c1)n2Cc1ccc(Cl)cc1.Cn1c(=O)n(CC(=O)OC(C)(C)C)c(=O)c2c1nc(Oc1cccc(OC(F)(F)F)c1)n2Cc1ccc(Cl)cc1. The van der Waals surface area contributed by atoms with Crippen LogP contribution in [-0.2, 0) is 54.6 Å². The molecule has 0 saturated carbocycles. The molecule has 4 aromatic heterocycles. The zero-order chi connectivity index (χ0) is 55.6. The van der Waals surface area contributed by atoms with E-state index in [4.69, 9.17) is 42.5 Å². The monoisotopic (exact) mass is 1100 g/mol. The Morgan fingerprint density at radius 1 is 0.566 bits per heavy atom. The van der Waals surface area contributed by atoms with Crippen LogP contribution in [0.5, 0.6) is 35.0 Å². The fraction of sp³-hybridized carbons (Fsp3) is 0.250. The van der Waals surface area contributed by atoms with Crippen molar-refractivity contribution < 1.29 is 64.7 Å². The Balaban J connectivity index is 0.000000222. The lowest BCUT2D eigenvalue weighted by atomic mass is 10.2. The first-order valence-electron chi connectivity index (χ1n) is 21.9. The van der Waals surface area contributed by atoms with Gasteiger partial charge in [-0.2, -0.15) is 9.97 Å². The number of aromatic nitrogens is 8. The number of benzene rings is 4. The highest BCUT2D eigenvalue weighted by molar-refractivity contribution is 6.30. The topological polar surface area (TPSA) is 224 Å². The maximum Gasteiger partial charge on any atom is 0.573 e. The van der Waals surface area contributed by atoms with Gasteiger partial charge in [-0.05, 0) is 80.4 Å². The highest BCUT2D eigenvalue weighted by Crippen LogP contribution is 2.32. The zero-order valence-corrected chi connectivity index (χ0v) is 41.6. The fourth-order valence-corrected chi connectivity index (χ4v) is 7.55. The number of hydrogen-bond acceptors (Lipinski definition) is 13. The predicted octanol–water partition coefficient (Wildman–Crippen LogP) is 8.00. The normalized spacial score (nSPS) is 11.8. The van der Waals surface area contributed by atoms with Crippen molar-refractivity contribution in [3.8, 4) is 35.0 Å². The second-order valence-electron chi connectivity index (χ2n) is 17.3. The van der Waals surface area contributed by atoms with Gasteiger partial charge in [0.1, 0.15) is 41.7 Å². The molecule has 0 spiro atoms. The van der Waals surface area contributed by atoms with Gasteiger partial charge in [0.05, 0.1) is 13.1 Å². The van der Waals surface area contributed by atoms with E-state index in [0.29, 0.717) is 25.7 Å². The molecule has 0 atom stereocenters. The molecule has 4 aromatic carbocycles. The smallest absolute Gasteiger partial charge is 0.480 e. The molecule has 400 valence electrons. The molecule has 4 heterocycles. The fourth-order valence-electron chi connectivity index (χ4n) is 7.29. The van der Waals surface area contributed by atoms with Gasteiger partial charge >= 0.3 is 48.1 Å². The summed E-state index contributed by atoms with van der Waals surface area (Å²) >= 11 is 11.9. The van der Waals surface area contributed by atoms with E-state index in [1.54, 1.807) is 69.3 Å². The predicted molar refractivity (Wildman–Crippen MR) is 259 cm³/mol. The summed E-state index contributed by atoms with van der Waals surface area (Å²) in [5, 5.41) is 10.1. The number of alkyl halides is 6.